The van der Waals surface area contributed by atoms with Gasteiger partial charge in [-0.3, -0.25) is 0 Å². The number of imidazole rings is 1. The largest absolute Gasteiger partial charge is 0.336 e. The third kappa shape index (κ3) is 2.84. The van der Waals surface area contributed by atoms with Crippen LogP contribution in [0.4, 0.5) is 0 Å². The topological polar surface area (TPSA) is 29.9 Å². The monoisotopic (exact) mass is 327 g/mol. The fourth-order valence-corrected chi connectivity index (χ4v) is 3.53. The maximum atomic E-state index is 4.48. The van der Waals surface area contributed by atoms with Crippen molar-refractivity contribution in [3.63, 3.8) is 0 Å². The standard InChI is InChI=1S/C13H18BrN3S/c1-4-5-15-11(13-16-6-7-17(13)3)10-8-9(2)12(14)18-10/h6-8,11,15H,4-5H2,1-3H3. The van der Waals surface area contributed by atoms with E-state index in [1.54, 1.807) is 11.3 Å². The lowest BCUT2D eigenvalue weighted by molar-refractivity contribution is 0.562. The first-order chi connectivity index (χ1) is 8.63. The molecule has 0 bridgehead atoms. The van der Waals surface area contributed by atoms with E-state index in [1.165, 1.54) is 14.2 Å². The third-order valence-electron chi connectivity index (χ3n) is 2.88. The number of hydrogen-bond acceptors (Lipinski definition) is 3. The first kappa shape index (κ1) is 13.8. The number of rotatable bonds is 5. The van der Waals surface area contributed by atoms with Crippen molar-refractivity contribution < 1.29 is 0 Å². The van der Waals surface area contributed by atoms with Crippen molar-refractivity contribution in [1.29, 1.82) is 0 Å². The molecule has 0 spiro atoms. The van der Waals surface area contributed by atoms with Crippen molar-refractivity contribution in [3.8, 4) is 0 Å². The number of nitrogens with zero attached hydrogens (tertiary/aromatic N) is 2. The fraction of sp³-hybridized carbons (Fsp3) is 0.462. The molecule has 0 aliphatic heterocycles. The number of nitrogens with one attached hydrogen (secondary N) is 1. The van der Waals surface area contributed by atoms with E-state index >= 15 is 0 Å². The molecule has 2 heterocycles. The van der Waals surface area contributed by atoms with Gasteiger partial charge >= 0.3 is 0 Å². The van der Waals surface area contributed by atoms with Crippen LogP contribution in [0.1, 0.15) is 35.7 Å². The van der Waals surface area contributed by atoms with Gasteiger partial charge in [-0.2, -0.15) is 0 Å². The summed E-state index contributed by atoms with van der Waals surface area (Å²) in [5.41, 5.74) is 1.28. The summed E-state index contributed by atoms with van der Waals surface area (Å²) in [6.45, 7) is 5.30. The predicted octanol–water partition coefficient (Wildman–Crippen LogP) is 3.64. The molecule has 3 nitrogen and oxygen atoms in total. The second-order valence-electron chi connectivity index (χ2n) is 4.39. The molecule has 98 valence electrons. The van der Waals surface area contributed by atoms with Crippen LogP contribution in [0.3, 0.4) is 0 Å². The highest BCUT2D eigenvalue weighted by Gasteiger charge is 2.20. The van der Waals surface area contributed by atoms with Crippen LogP contribution in [-0.4, -0.2) is 16.1 Å². The second kappa shape index (κ2) is 5.99. The molecule has 0 saturated heterocycles. The van der Waals surface area contributed by atoms with Gasteiger partial charge in [0.15, 0.2) is 0 Å². The smallest absolute Gasteiger partial charge is 0.131 e. The van der Waals surface area contributed by atoms with E-state index < -0.39 is 0 Å². The van der Waals surface area contributed by atoms with Crippen LogP contribution in [0.2, 0.25) is 0 Å². The molecule has 2 rings (SSSR count). The molecule has 0 aliphatic rings. The molecule has 2 aromatic heterocycles. The molecular weight excluding hydrogens is 310 g/mol. The number of aromatic nitrogens is 2. The quantitative estimate of drug-likeness (QED) is 0.908. The molecule has 0 saturated carbocycles. The van der Waals surface area contributed by atoms with Gasteiger partial charge in [-0.1, -0.05) is 6.92 Å². The van der Waals surface area contributed by atoms with Crippen molar-refractivity contribution in [2.45, 2.75) is 26.3 Å². The second-order valence-corrected chi connectivity index (χ2v) is 6.79. The summed E-state index contributed by atoms with van der Waals surface area (Å²) in [5.74, 6) is 1.07. The highest BCUT2D eigenvalue weighted by molar-refractivity contribution is 9.11. The van der Waals surface area contributed by atoms with E-state index in [0.717, 1.165) is 18.8 Å². The van der Waals surface area contributed by atoms with Crippen molar-refractivity contribution in [1.82, 2.24) is 14.9 Å². The van der Waals surface area contributed by atoms with Gasteiger partial charge in [-0.25, -0.2) is 4.98 Å². The van der Waals surface area contributed by atoms with E-state index in [2.05, 4.69) is 50.7 Å². The van der Waals surface area contributed by atoms with Crippen LogP contribution in [0.25, 0.3) is 0 Å². The van der Waals surface area contributed by atoms with E-state index in [4.69, 9.17) is 0 Å². The first-order valence-electron chi connectivity index (χ1n) is 6.10. The summed E-state index contributed by atoms with van der Waals surface area (Å²) in [6, 6.07) is 2.41. The van der Waals surface area contributed by atoms with E-state index in [-0.39, 0.29) is 6.04 Å². The molecule has 0 amide bonds. The summed E-state index contributed by atoms with van der Waals surface area (Å²) in [5, 5.41) is 3.58. The molecule has 1 N–H and O–H groups in total. The Morgan fingerprint density at radius 3 is 2.83 bits per heavy atom. The van der Waals surface area contributed by atoms with Gasteiger partial charge in [-0.05, 0) is 47.4 Å². The van der Waals surface area contributed by atoms with Gasteiger partial charge in [0.05, 0.1) is 3.79 Å². The molecule has 2 aromatic rings. The average molecular weight is 328 g/mol. The van der Waals surface area contributed by atoms with Crippen LogP contribution in [-0.2, 0) is 7.05 Å². The Balaban J connectivity index is 2.33. The Morgan fingerprint density at radius 1 is 1.56 bits per heavy atom. The summed E-state index contributed by atoms with van der Waals surface area (Å²) >= 11 is 5.38. The van der Waals surface area contributed by atoms with Crippen molar-refractivity contribution in [2.75, 3.05) is 6.54 Å². The number of thiophene rings is 1. The molecule has 1 unspecified atom stereocenters. The van der Waals surface area contributed by atoms with Crippen LogP contribution in [0.15, 0.2) is 22.2 Å². The Kier molecular flexibility index (Phi) is 4.59. The zero-order valence-corrected chi connectivity index (χ0v) is 13.3. The van der Waals surface area contributed by atoms with Gasteiger partial charge in [0, 0.05) is 24.3 Å². The van der Waals surface area contributed by atoms with Gasteiger partial charge in [0.1, 0.15) is 11.9 Å². The highest BCUT2D eigenvalue weighted by atomic mass is 79.9. The third-order valence-corrected chi connectivity index (χ3v) is 5.08. The lowest BCUT2D eigenvalue weighted by Crippen LogP contribution is -2.25. The van der Waals surface area contributed by atoms with Crippen LogP contribution >= 0.6 is 27.3 Å². The fourth-order valence-electron chi connectivity index (χ4n) is 1.89. The molecular formula is C13H18BrN3S. The SMILES string of the molecule is CCCNC(c1cc(C)c(Br)s1)c1nccn1C. The van der Waals surface area contributed by atoms with Crippen molar-refractivity contribution in [2.24, 2.45) is 7.05 Å². The first-order valence-corrected chi connectivity index (χ1v) is 7.70. The zero-order valence-electron chi connectivity index (χ0n) is 10.9. The number of hydrogen-bond donors (Lipinski definition) is 1. The van der Waals surface area contributed by atoms with E-state index in [9.17, 15) is 0 Å². The molecule has 5 heteroatoms. The molecule has 0 radical (unpaired) electrons. The van der Waals surface area contributed by atoms with E-state index in [0.29, 0.717) is 0 Å². The van der Waals surface area contributed by atoms with Gasteiger partial charge < -0.3 is 9.88 Å². The Morgan fingerprint density at radius 2 is 2.33 bits per heavy atom. The Bertz CT molecular complexity index is 499. The van der Waals surface area contributed by atoms with Gasteiger partial charge in [-0.15, -0.1) is 11.3 Å². The summed E-state index contributed by atoms with van der Waals surface area (Å²) < 4.78 is 3.28. The van der Waals surface area contributed by atoms with Gasteiger partial charge in [0.2, 0.25) is 0 Å². The molecule has 0 aliphatic carbocycles. The summed E-state index contributed by atoms with van der Waals surface area (Å²) in [4.78, 5) is 5.78. The van der Waals surface area contributed by atoms with Crippen LogP contribution < -0.4 is 5.32 Å². The molecule has 18 heavy (non-hydrogen) atoms. The zero-order chi connectivity index (χ0) is 13.1. The molecule has 1 atom stereocenters. The number of aryl methyl sites for hydroxylation is 2. The minimum atomic E-state index is 0.181. The lowest BCUT2D eigenvalue weighted by atomic mass is 10.2. The van der Waals surface area contributed by atoms with E-state index in [1.807, 2.05) is 19.4 Å². The average Bonchev–Trinajstić information content (AvgIpc) is 2.88. The Hall–Kier alpha value is -0.650. The number of halogens is 1. The Labute approximate surface area is 120 Å². The minimum absolute atomic E-state index is 0.181. The molecule has 0 aromatic carbocycles. The highest BCUT2D eigenvalue weighted by Crippen LogP contribution is 2.33. The summed E-state index contributed by atoms with van der Waals surface area (Å²) in [6.07, 6.45) is 4.96. The van der Waals surface area contributed by atoms with Crippen LogP contribution in [0.5, 0.6) is 0 Å². The van der Waals surface area contributed by atoms with Gasteiger partial charge in [0.25, 0.3) is 0 Å². The predicted molar refractivity (Wildman–Crippen MR) is 80.1 cm³/mol. The van der Waals surface area contributed by atoms with Crippen molar-refractivity contribution in [3.05, 3.63) is 38.5 Å². The molecule has 0 fully saturated rings. The maximum Gasteiger partial charge on any atom is 0.131 e. The van der Waals surface area contributed by atoms with Crippen molar-refractivity contribution >= 4 is 27.3 Å². The minimum Gasteiger partial charge on any atom is -0.336 e. The maximum absolute atomic E-state index is 4.48. The summed E-state index contributed by atoms with van der Waals surface area (Å²) in [7, 11) is 2.04. The van der Waals surface area contributed by atoms with Crippen LogP contribution in [0, 0.1) is 6.92 Å². The normalized spacial score (nSPS) is 12.9. The lowest BCUT2D eigenvalue weighted by Gasteiger charge is -2.16.